The van der Waals surface area contributed by atoms with E-state index in [1.165, 1.54) is 5.46 Å². The molecule has 0 aromatic carbocycles. The molecule has 4 rings (SSSR count). The standard InChI is InChI=1S/C17H17BN3O/c1-12-7-8-13-16-14(22-17(13)19-12)9-11-21(18(16)2)15-6-4-5-10-20(15)3/h4-11H,1-3H3/q+1. The van der Waals surface area contributed by atoms with Gasteiger partial charge in [0.25, 0.3) is 5.82 Å². The molecule has 3 aromatic heterocycles. The first-order valence-corrected chi connectivity index (χ1v) is 7.46. The Morgan fingerprint density at radius 2 is 2.09 bits per heavy atom. The molecule has 0 aliphatic carbocycles. The van der Waals surface area contributed by atoms with Gasteiger partial charge in [0.15, 0.2) is 0 Å². The van der Waals surface area contributed by atoms with E-state index in [0.29, 0.717) is 0 Å². The molecule has 3 aromatic rings. The molecule has 108 valence electrons. The molecule has 0 spiro atoms. The lowest BCUT2D eigenvalue weighted by Gasteiger charge is -2.21. The smallest absolute Gasteiger partial charge is 0.413 e. The van der Waals surface area contributed by atoms with E-state index in [0.717, 1.165) is 28.4 Å². The van der Waals surface area contributed by atoms with Crippen LogP contribution in [0.5, 0.6) is 0 Å². The van der Waals surface area contributed by atoms with Gasteiger partial charge in [-0.15, -0.1) is 0 Å². The molecule has 4 nitrogen and oxygen atoms in total. The maximum Gasteiger partial charge on any atom is 0.413 e. The summed E-state index contributed by atoms with van der Waals surface area (Å²) in [6, 6.07) is 10.4. The van der Waals surface area contributed by atoms with Crippen molar-refractivity contribution in [3.63, 3.8) is 0 Å². The van der Waals surface area contributed by atoms with E-state index in [9.17, 15) is 0 Å². The summed E-state index contributed by atoms with van der Waals surface area (Å²) in [4.78, 5) is 6.77. The summed E-state index contributed by atoms with van der Waals surface area (Å²) in [5.74, 6) is 2.06. The highest BCUT2D eigenvalue weighted by Crippen LogP contribution is 2.24. The first kappa shape index (κ1) is 13.1. The zero-order valence-corrected chi connectivity index (χ0v) is 12.9. The van der Waals surface area contributed by atoms with Gasteiger partial charge in [-0.2, -0.15) is 0 Å². The van der Waals surface area contributed by atoms with Gasteiger partial charge < -0.3 is 4.42 Å². The molecule has 0 saturated heterocycles. The van der Waals surface area contributed by atoms with Gasteiger partial charge in [0.1, 0.15) is 5.76 Å². The van der Waals surface area contributed by atoms with Crippen molar-refractivity contribution in [2.24, 2.45) is 7.05 Å². The molecule has 1 aliphatic rings. The fourth-order valence-corrected chi connectivity index (χ4v) is 3.14. The topological polar surface area (TPSA) is 33.2 Å². The molecule has 22 heavy (non-hydrogen) atoms. The molecule has 5 heteroatoms. The van der Waals surface area contributed by atoms with Crippen LogP contribution in [0.1, 0.15) is 11.5 Å². The van der Waals surface area contributed by atoms with Crippen molar-refractivity contribution < 1.29 is 8.98 Å². The monoisotopic (exact) mass is 290 g/mol. The van der Waals surface area contributed by atoms with E-state index >= 15 is 0 Å². The lowest BCUT2D eigenvalue weighted by Crippen LogP contribution is -2.50. The van der Waals surface area contributed by atoms with E-state index in [2.05, 4.69) is 58.8 Å². The van der Waals surface area contributed by atoms with Crippen LogP contribution in [0.25, 0.3) is 17.2 Å². The normalized spacial score (nSPS) is 13.8. The molecule has 0 amide bonds. The van der Waals surface area contributed by atoms with E-state index in [-0.39, 0.29) is 6.85 Å². The van der Waals surface area contributed by atoms with Crippen molar-refractivity contribution in [1.82, 2.24) is 4.98 Å². The largest absolute Gasteiger partial charge is 0.439 e. The number of pyridine rings is 2. The Bertz CT molecular complexity index is 900. The summed E-state index contributed by atoms with van der Waals surface area (Å²) in [5.41, 5.74) is 2.90. The molecule has 0 atom stereocenters. The second kappa shape index (κ2) is 4.73. The maximum atomic E-state index is 5.92. The molecule has 1 aliphatic heterocycles. The second-order valence-electron chi connectivity index (χ2n) is 5.75. The summed E-state index contributed by atoms with van der Waals surface area (Å²) in [6.45, 7) is 4.38. The highest BCUT2D eigenvalue weighted by molar-refractivity contribution is 6.79. The third-order valence-corrected chi connectivity index (χ3v) is 4.28. The highest BCUT2D eigenvalue weighted by Gasteiger charge is 2.37. The lowest BCUT2D eigenvalue weighted by molar-refractivity contribution is -0.658. The number of anilines is 1. The predicted octanol–water partition coefficient (Wildman–Crippen LogP) is 2.28. The average Bonchev–Trinajstić information content (AvgIpc) is 2.87. The first-order valence-electron chi connectivity index (χ1n) is 7.46. The molecule has 0 fully saturated rings. The number of nitrogens with zero attached hydrogens (tertiary/aromatic N) is 3. The van der Waals surface area contributed by atoms with Crippen LogP contribution in [-0.4, -0.2) is 11.8 Å². The Kier molecular flexibility index (Phi) is 2.82. The van der Waals surface area contributed by atoms with Crippen molar-refractivity contribution in [3.8, 4) is 0 Å². The minimum atomic E-state index is 0.194. The number of aryl methyl sites for hydroxylation is 2. The van der Waals surface area contributed by atoms with E-state index in [1.807, 2.05) is 25.1 Å². The van der Waals surface area contributed by atoms with Crippen LogP contribution in [0.15, 0.2) is 47.1 Å². The Hall–Kier alpha value is -2.56. The van der Waals surface area contributed by atoms with Crippen LogP contribution in [-0.2, 0) is 7.05 Å². The van der Waals surface area contributed by atoms with E-state index in [4.69, 9.17) is 4.42 Å². The number of rotatable bonds is 1. The van der Waals surface area contributed by atoms with Crippen LogP contribution in [0.3, 0.4) is 0 Å². The molecular formula is C17H17BN3O+. The van der Waals surface area contributed by atoms with Crippen LogP contribution in [0, 0.1) is 6.92 Å². The van der Waals surface area contributed by atoms with Gasteiger partial charge >= 0.3 is 6.85 Å². The lowest BCUT2D eigenvalue weighted by atomic mass is 9.54. The van der Waals surface area contributed by atoms with Gasteiger partial charge in [-0.25, -0.2) is 9.55 Å². The fourth-order valence-electron chi connectivity index (χ4n) is 3.14. The van der Waals surface area contributed by atoms with Gasteiger partial charge in [0, 0.05) is 28.7 Å². The minimum Gasteiger partial charge on any atom is -0.439 e. The highest BCUT2D eigenvalue weighted by atomic mass is 16.3. The third-order valence-electron chi connectivity index (χ3n) is 4.28. The molecule has 0 N–H and O–H groups in total. The van der Waals surface area contributed by atoms with Gasteiger partial charge in [-0.05, 0) is 31.9 Å². The van der Waals surface area contributed by atoms with Crippen LogP contribution in [0.4, 0.5) is 5.82 Å². The van der Waals surface area contributed by atoms with Crippen LogP contribution < -0.4 is 14.8 Å². The maximum absolute atomic E-state index is 5.92. The number of aromatic nitrogens is 2. The Balaban J connectivity index is 1.88. The summed E-state index contributed by atoms with van der Waals surface area (Å²) < 4.78 is 8.05. The van der Waals surface area contributed by atoms with Gasteiger partial charge in [0.2, 0.25) is 5.71 Å². The molecule has 4 heterocycles. The molecule has 0 radical (unpaired) electrons. The fraction of sp³-hybridized carbons (Fsp3) is 0.176. The van der Waals surface area contributed by atoms with Crippen LogP contribution in [0.2, 0.25) is 6.82 Å². The van der Waals surface area contributed by atoms with Crippen molar-refractivity contribution in [1.29, 1.82) is 0 Å². The summed E-state index contributed by atoms with van der Waals surface area (Å²) in [6.07, 6.45) is 6.17. The Labute approximate surface area is 129 Å². The summed E-state index contributed by atoms with van der Waals surface area (Å²) >= 11 is 0. The average molecular weight is 290 g/mol. The van der Waals surface area contributed by atoms with Crippen molar-refractivity contribution >= 4 is 35.3 Å². The summed E-state index contributed by atoms with van der Waals surface area (Å²) in [5, 5.41) is 1.10. The van der Waals surface area contributed by atoms with Gasteiger partial charge in [0.05, 0.1) is 19.4 Å². The zero-order chi connectivity index (χ0) is 15.3. The minimum absolute atomic E-state index is 0.194. The SMILES string of the molecule is CB1c2c(oc3nc(C)ccc23)C=CN1c1cccc[n+]1C. The quantitative estimate of drug-likeness (QED) is 0.509. The Morgan fingerprint density at radius 3 is 2.91 bits per heavy atom. The zero-order valence-electron chi connectivity index (χ0n) is 12.9. The number of fused-ring (bicyclic) bond motifs is 3. The van der Waals surface area contributed by atoms with E-state index in [1.54, 1.807) is 0 Å². The number of hydrogen-bond donors (Lipinski definition) is 0. The van der Waals surface area contributed by atoms with Crippen molar-refractivity contribution in [2.45, 2.75) is 13.7 Å². The summed E-state index contributed by atoms with van der Waals surface area (Å²) in [7, 11) is 2.06. The van der Waals surface area contributed by atoms with Gasteiger partial charge in [-0.1, -0.05) is 6.07 Å². The van der Waals surface area contributed by atoms with Crippen molar-refractivity contribution in [3.05, 3.63) is 54.2 Å². The Morgan fingerprint density at radius 1 is 1.23 bits per heavy atom. The molecule has 0 bridgehead atoms. The van der Waals surface area contributed by atoms with Crippen LogP contribution >= 0.6 is 0 Å². The first-order chi connectivity index (χ1) is 10.6. The molecule has 0 saturated carbocycles. The van der Waals surface area contributed by atoms with Gasteiger partial charge in [-0.3, -0.25) is 4.81 Å². The third kappa shape index (κ3) is 1.85. The number of hydrogen-bond acceptors (Lipinski definition) is 3. The predicted molar refractivity (Wildman–Crippen MR) is 89.1 cm³/mol. The number of furan rings is 1. The molecule has 0 unspecified atom stereocenters. The van der Waals surface area contributed by atoms with E-state index < -0.39 is 0 Å². The van der Waals surface area contributed by atoms with Crippen molar-refractivity contribution in [2.75, 3.05) is 4.81 Å². The molecular weight excluding hydrogens is 273 g/mol. The second-order valence-corrected chi connectivity index (χ2v) is 5.75.